The molecule has 18 heavy (non-hydrogen) atoms. The van der Waals surface area contributed by atoms with Gasteiger partial charge in [-0.15, -0.1) is 0 Å². The summed E-state index contributed by atoms with van der Waals surface area (Å²) in [6.45, 7) is 5.01. The molecule has 1 aromatic rings. The van der Waals surface area contributed by atoms with E-state index in [0.29, 0.717) is 12.5 Å². The van der Waals surface area contributed by atoms with E-state index >= 15 is 0 Å². The first-order valence-corrected chi connectivity index (χ1v) is 6.67. The van der Waals surface area contributed by atoms with Crippen LogP contribution in [0.1, 0.15) is 49.8 Å². The summed E-state index contributed by atoms with van der Waals surface area (Å²) in [5.74, 6) is 1.39. The molecule has 1 aliphatic rings. The normalized spacial score (nSPS) is 18.8. The SMILES string of the molecule is COc1cc(C(C)C)ccc1C(N)C1(CN)CC1. The second kappa shape index (κ2) is 4.90. The third-order valence-electron chi connectivity index (χ3n) is 4.22. The van der Waals surface area contributed by atoms with Crippen LogP contribution in [0.2, 0.25) is 0 Å². The molecule has 2 rings (SSSR count). The first-order valence-electron chi connectivity index (χ1n) is 6.67. The number of hydrogen-bond donors (Lipinski definition) is 2. The highest BCUT2D eigenvalue weighted by Gasteiger charge is 2.47. The fourth-order valence-electron chi connectivity index (χ4n) is 2.48. The van der Waals surface area contributed by atoms with Gasteiger partial charge in [0.15, 0.2) is 0 Å². The molecular weight excluding hydrogens is 224 g/mol. The number of benzene rings is 1. The molecule has 3 nitrogen and oxygen atoms in total. The lowest BCUT2D eigenvalue weighted by molar-refractivity contribution is 0.375. The van der Waals surface area contributed by atoms with Crippen molar-refractivity contribution in [2.45, 2.75) is 38.6 Å². The minimum atomic E-state index is -0.0151. The van der Waals surface area contributed by atoms with Crippen molar-refractivity contribution in [3.8, 4) is 5.75 Å². The van der Waals surface area contributed by atoms with Gasteiger partial charge in [-0.05, 0) is 36.9 Å². The Kier molecular flexibility index (Phi) is 3.64. The Labute approximate surface area is 110 Å². The predicted molar refractivity (Wildman–Crippen MR) is 74.7 cm³/mol. The van der Waals surface area contributed by atoms with Gasteiger partial charge in [0.2, 0.25) is 0 Å². The summed E-state index contributed by atoms with van der Waals surface area (Å²) in [5.41, 5.74) is 14.7. The average Bonchev–Trinajstić information content (AvgIpc) is 3.18. The van der Waals surface area contributed by atoms with E-state index in [0.717, 1.165) is 24.2 Å². The summed E-state index contributed by atoms with van der Waals surface area (Å²) < 4.78 is 5.50. The molecule has 3 heteroatoms. The highest BCUT2D eigenvalue weighted by Crippen LogP contribution is 2.54. The van der Waals surface area contributed by atoms with E-state index in [1.807, 2.05) is 0 Å². The first-order chi connectivity index (χ1) is 8.54. The fourth-order valence-corrected chi connectivity index (χ4v) is 2.48. The Morgan fingerprint density at radius 2 is 2.00 bits per heavy atom. The van der Waals surface area contributed by atoms with Crippen LogP contribution < -0.4 is 16.2 Å². The van der Waals surface area contributed by atoms with Crippen molar-refractivity contribution in [2.24, 2.45) is 16.9 Å². The zero-order valence-corrected chi connectivity index (χ0v) is 11.6. The zero-order chi connectivity index (χ0) is 13.3. The maximum absolute atomic E-state index is 6.39. The van der Waals surface area contributed by atoms with Crippen LogP contribution in [0.4, 0.5) is 0 Å². The molecule has 0 heterocycles. The lowest BCUT2D eigenvalue weighted by atomic mass is 9.88. The standard InChI is InChI=1S/C15H24N2O/c1-10(2)11-4-5-12(13(8-11)18-3)14(17)15(9-16)6-7-15/h4-5,8,10,14H,6-7,9,16-17H2,1-3H3. The summed E-state index contributed by atoms with van der Waals surface area (Å²) in [5, 5.41) is 0. The minimum Gasteiger partial charge on any atom is -0.496 e. The lowest BCUT2D eigenvalue weighted by Gasteiger charge is -2.24. The molecule has 1 unspecified atom stereocenters. The van der Waals surface area contributed by atoms with Crippen molar-refractivity contribution < 1.29 is 4.74 Å². The van der Waals surface area contributed by atoms with Crippen LogP contribution in [0.5, 0.6) is 5.75 Å². The molecule has 0 aliphatic heterocycles. The van der Waals surface area contributed by atoms with Gasteiger partial charge in [0, 0.05) is 17.0 Å². The van der Waals surface area contributed by atoms with Crippen molar-refractivity contribution in [3.05, 3.63) is 29.3 Å². The number of nitrogens with two attached hydrogens (primary N) is 2. The van der Waals surface area contributed by atoms with Gasteiger partial charge in [-0.2, -0.15) is 0 Å². The van der Waals surface area contributed by atoms with Gasteiger partial charge in [-0.25, -0.2) is 0 Å². The van der Waals surface area contributed by atoms with Crippen molar-refractivity contribution in [3.63, 3.8) is 0 Å². The van der Waals surface area contributed by atoms with Gasteiger partial charge in [-0.1, -0.05) is 26.0 Å². The number of methoxy groups -OCH3 is 1. The molecule has 0 amide bonds. The van der Waals surface area contributed by atoms with Crippen LogP contribution in [0, 0.1) is 5.41 Å². The van der Waals surface area contributed by atoms with Crippen molar-refractivity contribution >= 4 is 0 Å². The maximum Gasteiger partial charge on any atom is 0.123 e. The van der Waals surface area contributed by atoms with E-state index in [2.05, 4.69) is 32.0 Å². The van der Waals surface area contributed by atoms with Crippen LogP contribution in [0.25, 0.3) is 0 Å². The second-order valence-corrected chi connectivity index (χ2v) is 5.70. The van der Waals surface area contributed by atoms with E-state index in [4.69, 9.17) is 16.2 Å². The molecule has 0 aromatic heterocycles. The quantitative estimate of drug-likeness (QED) is 0.842. The monoisotopic (exact) mass is 248 g/mol. The molecule has 1 atom stereocenters. The molecule has 1 saturated carbocycles. The fraction of sp³-hybridized carbons (Fsp3) is 0.600. The van der Waals surface area contributed by atoms with E-state index in [9.17, 15) is 0 Å². The number of hydrogen-bond acceptors (Lipinski definition) is 3. The molecule has 100 valence electrons. The van der Waals surface area contributed by atoms with Crippen LogP contribution in [0.3, 0.4) is 0 Å². The Morgan fingerprint density at radius 1 is 1.33 bits per heavy atom. The topological polar surface area (TPSA) is 61.3 Å². The molecular formula is C15H24N2O. The Hall–Kier alpha value is -1.06. The first kappa shape index (κ1) is 13.4. The third-order valence-corrected chi connectivity index (χ3v) is 4.22. The summed E-state index contributed by atoms with van der Waals surface area (Å²) in [4.78, 5) is 0. The van der Waals surface area contributed by atoms with Gasteiger partial charge in [0.1, 0.15) is 5.75 Å². The molecule has 0 bridgehead atoms. The molecule has 0 spiro atoms. The van der Waals surface area contributed by atoms with Gasteiger partial charge >= 0.3 is 0 Å². The average molecular weight is 248 g/mol. The van der Waals surface area contributed by atoms with E-state index < -0.39 is 0 Å². The number of rotatable bonds is 5. The molecule has 0 radical (unpaired) electrons. The van der Waals surface area contributed by atoms with E-state index in [-0.39, 0.29) is 11.5 Å². The molecule has 0 saturated heterocycles. The predicted octanol–water partition coefficient (Wildman–Crippen LogP) is 2.56. The van der Waals surface area contributed by atoms with Crippen LogP contribution in [0.15, 0.2) is 18.2 Å². The van der Waals surface area contributed by atoms with Gasteiger partial charge in [0.25, 0.3) is 0 Å². The summed E-state index contributed by atoms with van der Waals surface area (Å²) in [6.07, 6.45) is 2.25. The van der Waals surface area contributed by atoms with Crippen LogP contribution in [-0.2, 0) is 0 Å². The highest BCUT2D eigenvalue weighted by atomic mass is 16.5. The Balaban J connectivity index is 2.33. The van der Waals surface area contributed by atoms with Gasteiger partial charge in [0.05, 0.1) is 7.11 Å². The van der Waals surface area contributed by atoms with E-state index in [1.54, 1.807) is 7.11 Å². The maximum atomic E-state index is 6.39. The Morgan fingerprint density at radius 3 is 2.44 bits per heavy atom. The molecule has 1 aromatic carbocycles. The zero-order valence-electron chi connectivity index (χ0n) is 11.6. The largest absolute Gasteiger partial charge is 0.496 e. The van der Waals surface area contributed by atoms with Crippen LogP contribution in [-0.4, -0.2) is 13.7 Å². The molecule has 4 N–H and O–H groups in total. The minimum absolute atomic E-state index is 0.0151. The van der Waals surface area contributed by atoms with Gasteiger partial charge in [-0.3, -0.25) is 0 Å². The smallest absolute Gasteiger partial charge is 0.123 e. The van der Waals surface area contributed by atoms with Crippen molar-refractivity contribution in [1.29, 1.82) is 0 Å². The van der Waals surface area contributed by atoms with Crippen molar-refractivity contribution in [2.75, 3.05) is 13.7 Å². The second-order valence-electron chi connectivity index (χ2n) is 5.70. The van der Waals surface area contributed by atoms with Crippen LogP contribution >= 0.6 is 0 Å². The van der Waals surface area contributed by atoms with Crippen molar-refractivity contribution in [1.82, 2.24) is 0 Å². The third kappa shape index (κ3) is 2.25. The summed E-state index contributed by atoms with van der Waals surface area (Å²) in [6, 6.07) is 6.34. The highest BCUT2D eigenvalue weighted by molar-refractivity contribution is 5.42. The van der Waals surface area contributed by atoms with Gasteiger partial charge < -0.3 is 16.2 Å². The Bertz CT molecular complexity index is 425. The summed E-state index contributed by atoms with van der Waals surface area (Å²) >= 11 is 0. The molecule has 1 fully saturated rings. The molecule has 1 aliphatic carbocycles. The number of ether oxygens (including phenoxy) is 1. The summed E-state index contributed by atoms with van der Waals surface area (Å²) in [7, 11) is 1.71. The van der Waals surface area contributed by atoms with E-state index in [1.165, 1.54) is 5.56 Å². The lowest BCUT2D eigenvalue weighted by Crippen LogP contribution is -2.29.